The van der Waals surface area contributed by atoms with Crippen molar-refractivity contribution in [3.05, 3.63) is 71.6 Å². The normalized spacial score (nSPS) is 10.6. The average molecular weight is 364 g/mol. The number of benzene rings is 2. The van der Waals surface area contributed by atoms with Crippen LogP contribution in [0.1, 0.15) is 23.9 Å². The topological polar surface area (TPSA) is 55.6 Å². The first kappa shape index (κ1) is 18.7. The van der Waals surface area contributed by atoms with Crippen molar-refractivity contribution in [3.8, 4) is 17.2 Å². The van der Waals surface area contributed by atoms with Crippen LogP contribution >= 0.6 is 0 Å². The van der Waals surface area contributed by atoms with E-state index in [1.54, 1.807) is 7.11 Å². The zero-order valence-corrected chi connectivity index (χ0v) is 15.9. The predicted octanol–water partition coefficient (Wildman–Crippen LogP) is 4.25. The van der Waals surface area contributed by atoms with Crippen LogP contribution in [0.3, 0.4) is 0 Å². The molecule has 1 heterocycles. The van der Waals surface area contributed by atoms with E-state index in [2.05, 4.69) is 4.98 Å². The molecule has 0 atom stereocenters. The maximum absolute atomic E-state index is 12.8. The van der Waals surface area contributed by atoms with Crippen LogP contribution in [-0.2, 0) is 17.8 Å². The smallest absolute Gasteiger partial charge is 0.229 e. The molecule has 0 N–H and O–H groups in total. The van der Waals surface area contributed by atoms with Gasteiger partial charge >= 0.3 is 0 Å². The summed E-state index contributed by atoms with van der Waals surface area (Å²) in [4.78, 5) is 19.1. The molecule has 0 fully saturated rings. The summed E-state index contributed by atoms with van der Waals surface area (Å²) >= 11 is 0. The first-order valence-corrected chi connectivity index (χ1v) is 9.03. The summed E-state index contributed by atoms with van der Waals surface area (Å²) < 4.78 is 11.0. The summed E-state index contributed by atoms with van der Waals surface area (Å²) in [6.45, 7) is 5.06. The van der Waals surface area contributed by atoms with Gasteiger partial charge in [0.05, 0.1) is 19.2 Å². The maximum Gasteiger partial charge on any atom is 0.229 e. The molecule has 0 unspecified atom stereocenters. The van der Waals surface area contributed by atoms with Gasteiger partial charge in [-0.05, 0) is 37.6 Å². The maximum atomic E-state index is 12.8. The van der Waals surface area contributed by atoms with Gasteiger partial charge in [-0.1, -0.05) is 36.4 Å². The van der Waals surface area contributed by atoms with Crippen LogP contribution in [0.4, 0.5) is 0 Å². The monoisotopic (exact) mass is 364 g/mol. The lowest BCUT2D eigenvalue weighted by atomic mass is 10.2. The molecule has 3 rings (SSSR count). The summed E-state index contributed by atoms with van der Waals surface area (Å²) in [6.07, 6.45) is 0.222. The summed E-state index contributed by atoms with van der Waals surface area (Å²) in [6, 6.07) is 17.5. The van der Waals surface area contributed by atoms with E-state index < -0.39 is 0 Å². The van der Waals surface area contributed by atoms with Gasteiger partial charge in [-0.3, -0.25) is 4.79 Å². The minimum absolute atomic E-state index is 0.0370. The van der Waals surface area contributed by atoms with E-state index in [-0.39, 0.29) is 12.3 Å². The van der Waals surface area contributed by atoms with E-state index in [9.17, 15) is 4.79 Å². The molecule has 3 aromatic rings. The quantitative estimate of drug-likeness (QED) is 0.629. The lowest BCUT2D eigenvalue weighted by Gasteiger charge is -2.20. The predicted molar refractivity (Wildman–Crippen MR) is 104 cm³/mol. The number of ether oxygens (including phenoxy) is 1. The Labute approximate surface area is 159 Å². The number of amides is 1. The zero-order chi connectivity index (χ0) is 19.2. The Balaban J connectivity index is 1.74. The lowest BCUT2D eigenvalue weighted by Crippen LogP contribution is -2.31. The average Bonchev–Trinajstić information content (AvgIpc) is 3.07. The molecule has 0 radical (unpaired) electrons. The third-order valence-electron chi connectivity index (χ3n) is 4.48. The van der Waals surface area contributed by atoms with E-state index in [0.717, 1.165) is 16.9 Å². The van der Waals surface area contributed by atoms with Crippen molar-refractivity contribution in [2.24, 2.45) is 0 Å². The molecular weight excluding hydrogens is 340 g/mol. The van der Waals surface area contributed by atoms with Crippen LogP contribution in [0.15, 0.2) is 59.0 Å². The third kappa shape index (κ3) is 4.56. The first-order valence-electron chi connectivity index (χ1n) is 9.03. The van der Waals surface area contributed by atoms with E-state index in [1.165, 1.54) is 0 Å². The Hall–Kier alpha value is -3.08. The van der Waals surface area contributed by atoms with Crippen molar-refractivity contribution >= 4 is 5.91 Å². The summed E-state index contributed by atoms with van der Waals surface area (Å²) in [7, 11) is 1.62. The van der Waals surface area contributed by atoms with Gasteiger partial charge in [0.1, 0.15) is 11.5 Å². The number of aromatic nitrogens is 1. The number of aryl methyl sites for hydroxylation is 1. The van der Waals surface area contributed by atoms with Crippen LogP contribution in [0.5, 0.6) is 5.75 Å². The van der Waals surface area contributed by atoms with E-state index in [1.807, 2.05) is 73.3 Å². The fourth-order valence-corrected chi connectivity index (χ4v) is 2.91. The second kappa shape index (κ2) is 8.54. The zero-order valence-electron chi connectivity index (χ0n) is 15.9. The van der Waals surface area contributed by atoms with Gasteiger partial charge in [-0.2, -0.15) is 0 Å². The Kier molecular flexibility index (Phi) is 5.91. The van der Waals surface area contributed by atoms with Crippen LogP contribution < -0.4 is 4.74 Å². The highest BCUT2D eigenvalue weighted by atomic mass is 16.5. The minimum Gasteiger partial charge on any atom is -0.497 e. The molecule has 140 valence electrons. The summed E-state index contributed by atoms with van der Waals surface area (Å²) in [5, 5.41) is 0. The molecule has 0 spiro atoms. The highest BCUT2D eigenvalue weighted by Gasteiger charge is 2.19. The van der Waals surface area contributed by atoms with Crippen LogP contribution in [0, 0.1) is 6.92 Å². The van der Waals surface area contributed by atoms with Crippen molar-refractivity contribution in [2.75, 3.05) is 13.7 Å². The Morgan fingerprint density at radius 2 is 1.93 bits per heavy atom. The molecular formula is C22H24N2O3. The number of hydrogen-bond donors (Lipinski definition) is 0. The molecule has 0 saturated heterocycles. The van der Waals surface area contributed by atoms with E-state index in [4.69, 9.17) is 9.15 Å². The number of likely N-dealkylation sites (N-methyl/N-ethyl adjacent to an activating group) is 1. The van der Waals surface area contributed by atoms with E-state index in [0.29, 0.717) is 30.4 Å². The van der Waals surface area contributed by atoms with Crippen molar-refractivity contribution in [1.82, 2.24) is 9.88 Å². The van der Waals surface area contributed by atoms with Crippen molar-refractivity contribution in [2.45, 2.75) is 26.8 Å². The molecule has 5 nitrogen and oxygen atoms in total. The second-order valence-electron chi connectivity index (χ2n) is 6.32. The molecule has 1 amide bonds. The SMILES string of the molecule is CCN(Cc1ccccc1)C(=O)Cc1nc(-c2cccc(OC)c2)oc1C. The number of oxazole rings is 1. The minimum atomic E-state index is 0.0370. The molecule has 2 aromatic carbocycles. The number of rotatable bonds is 7. The number of carbonyl (C=O) groups excluding carboxylic acids is 1. The van der Waals surface area contributed by atoms with Crippen LogP contribution in [-0.4, -0.2) is 29.4 Å². The first-order chi connectivity index (χ1) is 13.1. The highest BCUT2D eigenvalue weighted by Crippen LogP contribution is 2.25. The molecule has 0 aliphatic carbocycles. The molecule has 0 aliphatic heterocycles. The number of hydrogen-bond acceptors (Lipinski definition) is 4. The Morgan fingerprint density at radius 1 is 1.15 bits per heavy atom. The van der Waals surface area contributed by atoms with E-state index >= 15 is 0 Å². The number of carbonyl (C=O) groups is 1. The third-order valence-corrected chi connectivity index (χ3v) is 4.48. The Morgan fingerprint density at radius 3 is 2.63 bits per heavy atom. The van der Waals surface area contributed by atoms with Gasteiger partial charge in [0.2, 0.25) is 11.8 Å². The standard InChI is InChI=1S/C22H24N2O3/c1-4-24(15-17-9-6-5-7-10-17)21(25)14-20-16(2)27-22(23-20)18-11-8-12-19(13-18)26-3/h5-13H,4,14-15H2,1-3H3. The van der Waals surface area contributed by atoms with Gasteiger partial charge in [-0.15, -0.1) is 0 Å². The molecule has 1 aromatic heterocycles. The van der Waals surface area contributed by atoms with Crippen molar-refractivity contribution < 1.29 is 13.9 Å². The molecule has 0 bridgehead atoms. The lowest BCUT2D eigenvalue weighted by molar-refractivity contribution is -0.130. The summed E-state index contributed by atoms with van der Waals surface area (Å²) in [5.74, 6) is 1.94. The Bertz CT molecular complexity index is 903. The van der Waals surface area contributed by atoms with Gasteiger partial charge in [0.25, 0.3) is 0 Å². The van der Waals surface area contributed by atoms with Crippen molar-refractivity contribution in [3.63, 3.8) is 0 Å². The fourth-order valence-electron chi connectivity index (χ4n) is 2.91. The van der Waals surface area contributed by atoms with Crippen LogP contribution in [0.2, 0.25) is 0 Å². The van der Waals surface area contributed by atoms with Crippen LogP contribution in [0.25, 0.3) is 11.5 Å². The van der Waals surface area contributed by atoms with Crippen molar-refractivity contribution in [1.29, 1.82) is 0 Å². The van der Waals surface area contributed by atoms with Gasteiger partial charge < -0.3 is 14.1 Å². The largest absolute Gasteiger partial charge is 0.497 e. The molecule has 5 heteroatoms. The van der Waals surface area contributed by atoms with Gasteiger partial charge in [0.15, 0.2) is 0 Å². The highest BCUT2D eigenvalue weighted by molar-refractivity contribution is 5.78. The fraction of sp³-hybridized carbons (Fsp3) is 0.273. The second-order valence-corrected chi connectivity index (χ2v) is 6.32. The molecule has 27 heavy (non-hydrogen) atoms. The molecule has 0 aliphatic rings. The van der Waals surface area contributed by atoms with Gasteiger partial charge in [-0.25, -0.2) is 4.98 Å². The molecule has 0 saturated carbocycles. The number of methoxy groups -OCH3 is 1. The summed E-state index contributed by atoms with van der Waals surface area (Å²) in [5.41, 5.74) is 2.61. The van der Waals surface area contributed by atoms with Gasteiger partial charge in [0, 0.05) is 18.7 Å². The number of nitrogens with zero attached hydrogens (tertiary/aromatic N) is 2.